The monoisotopic (exact) mass is 339 g/mol. The highest BCUT2D eigenvalue weighted by Crippen LogP contribution is 2.17. The molecule has 3 rings (SSSR count). The molecule has 1 aromatic heterocycles. The number of nitrogens with one attached hydrogen (secondary N) is 1. The number of piperazine rings is 1. The second-order valence-electron chi connectivity index (χ2n) is 5.36. The molecule has 2 aromatic rings. The lowest BCUT2D eigenvalue weighted by atomic mass is 10.2. The van der Waals surface area contributed by atoms with Crippen LogP contribution < -0.4 is 10.1 Å². The summed E-state index contributed by atoms with van der Waals surface area (Å²) in [6.07, 6.45) is 0. The maximum absolute atomic E-state index is 5.74. The molecule has 1 aliphatic heterocycles. The third kappa shape index (κ3) is 4.68. The molecule has 0 radical (unpaired) electrons. The van der Waals surface area contributed by atoms with Crippen molar-refractivity contribution in [2.75, 3.05) is 19.6 Å². The Morgan fingerprint density at radius 1 is 1.36 bits per heavy atom. The minimum atomic E-state index is 0. The fourth-order valence-corrected chi connectivity index (χ4v) is 3.17. The Hall–Kier alpha value is -1.14. The minimum Gasteiger partial charge on any atom is -0.486 e. The van der Waals surface area contributed by atoms with Gasteiger partial charge in [0.1, 0.15) is 17.4 Å². The number of ether oxygens (including phenoxy) is 1. The average Bonchev–Trinajstić information content (AvgIpc) is 2.96. The van der Waals surface area contributed by atoms with E-state index in [0.717, 1.165) is 42.6 Å². The van der Waals surface area contributed by atoms with E-state index in [1.54, 1.807) is 11.3 Å². The van der Waals surface area contributed by atoms with Gasteiger partial charge in [0.25, 0.3) is 0 Å². The molecule has 0 saturated carbocycles. The van der Waals surface area contributed by atoms with Crippen molar-refractivity contribution in [1.82, 2.24) is 15.2 Å². The smallest absolute Gasteiger partial charge is 0.140 e. The van der Waals surface area contributed by atoms with E-state index in [4.69, 9.17) is 4.74 Å². The molecule has 0 bridgehead atoms. The summed E-state index contributed by atoms with van der Waals surface area (Å²) in [6.45, 7) is 6.97. The molecule has 0 amide bonds. The molecular weight excluding hydrogens is 318 g/mol. The minimum absolute atomic E-state index is 0. The quantitative estimate of drug-likeness (QED) is 0.908. The molecule has 1 saturated heterocycles. The molecule has 0 aliphatic carbocycles. The number of hydrogen-bond donors (Lipinski definition) is 1. The first kappa shape index (κ1) is 17.2. The van der Waals surface area contributed by atoms with Crippen LogP contribution in [0, 0.1) is 0 Å². The van der Waals surface area contributed by atoms with Crippen molar-refractivity contribution in [3.8, 4) is 5.75 Å². The predicted molar refractivity (Wildman–Crippen MR) is 92.9 cm³/mol. The molecular formula is C16H22ClN3OS. The first-order valence-corrected chi connectivity index (χ1v) is 8.25. The number of nitrogens with zero attached hydrogens (tertiary/aromatic N) is 2. The molecule has 0 spiro atoms. The Bertz CT molecular complexity index is 564. The SMILES string of the molecule is C[C@@H]1CNCCN1Cc1csc(COc2ccccc2)n1.Cl. The van der Waals surface area contributed by atoms with Crippen molar-refractivity contribution >= 4 is 23.7 Å². The fraction of sp³-hybridized carbons (Fsp3) is 0.438. The summed E-state index contributed by atoms with van der Waals surface area (Å²) in [4.78, 5) is 7.16. The lowest BCUT2D eigenvalue weighted by molar-refractivity contribution is 0.164. The summed E-state index contributed by atoms with van der Waals surface area (Å²) in [5, 5.41) is 6.60. The molecule has 0 unspecified atom stereocenters. The van der Waals surface area contributed by atoms with Crippen LogP contribution in [0.4, 0.5) is 0 Å². The van der Waals surface area contributed by atoms with Crippen molar-refractivity contribution in [3.63, 3.8) is 0 Å². The van der Waals surface area contributed by atoms with Gasteiger partial charge in [0.2, 0.25) is 0 Å². The van der Waals surface area contributed by atoms with Crippen LogP contribution in [-0.4, -0.2) is 35.6 Å². The van der Waals surface area contributed by atoms with Gasteiger partial charge in [-0.15, -0.1) is 23.7 Å². The molecule has 120 valence electrons. The summed E-state index contributed by atoms with van der Waals surface area (Å²) in [5.41, 5.74) is 1.15. The number of hydrogen-bond acceptors (Lipinski definition) is 5. The topological polar surface area (TPSA) is 37.4 Å². The van der Waals surface area contributed by atoms with E-state index in [-0.39, 0.29) is 12.4 Å². The van der Waals surface area contributed by atoms with E-state index in [0.29, 0.717) is 12.6 Å². The fourth-order valence-electron chi connectivity index (χ4n) is 2.48. The third-order valence-electron chi connectivity index (χ3n) is 3.71. The van der Waals surface area contributed by atoms with E-state index < -0.39 is 0 Å². The largest absolute Gasteiger partial charge is 0.486 e. The van der Waals surface area contributed by atoms with Gasteiger partial charge in [0, 0.05) is 37.6 Å². The Morgan fingerprint density at radius 3 is 2.95 bits per heavy atom. The number of rotatable bonds is 5. The zero-order chi connectivity index (χ0) is 14.5. The zero-order valence-corrected chi connectivity index (χ0v) is 14.3. The Labute approximate surface area is 141 Å². The second kappa shape index (κ2) is 8.48. The van der Waals surface area contributed by atoms with Crippen molar-refractivity contribution < 1.29 is 4.74 Å². The molecule has 1 fully saturated rings. The lowest BCUT2D eigenvalue weighted by Crippen LogP contribution is -2.49. The van der Waals surface area contributed by atoms with Gasteiger partial charge in [-0.25, -0.2) is 4.98 Å². The zero-order valence-electron chi connectivity index (χ0n) is 12.7. The van der Waals surface area contributed by atoms with Crippen molar-refractivity contribution in [2.45, 2.75) is 26.1 Å². The second-order valence-corrected chi connectivity index (χ2v) is 6.30. The van der Waals surface area contributed by atoms with Gasteiger partial charge < -0.3 is 10.1 Å². The Morgan fingerprint density at radius 2 is 2.18 bits per heavy atom. The van der Waals surface area contributed by atoms with E-state index in [2.05, 4.69) is 27.5 Å². The van der Waals surface area contributed by atoms with Gasteiger partial charge in [0.15, 0.2) is 0 Å². The van der Waals surface area contributed by atoms with E-state index in [1.807, 2.05) is 30.3 Å². The van der Waals surface area contributed by atoms with E-state index in [9.17, 15) is 0 Å². The highest BCUT2D eigenvalue weighted by molar-refractivity contribution is 7.09. The molecule has 1 aromatic carbocycles. The third-order valence-corrected chi connectivity index (χ3v) is 4.58. The van der Waals surface area contributed by atoms with Gasteiger partial charge in [-0.3, -0.25) is 4.90 Å². The first-order valence-electron chi connectivity index (χ1n) is 7.37. The molecule has 6 heteroatoms. The Kier molecular flexibility index (Phi) is 6.64. The molecule has 1 aliphatic rings. The number of halogens is 1. The van der Waals surface area contributed by atoms with Crippen LogP contribution in [0.5, 0.6) is 5.75 Å². The van der Waals surface area contributed by atoms with Crippen LogP contribution in [0.1, 0.15) is 17.6 Å². The van der Waals surface area contributed by atoms with Gasteiger partial charge in [-0.2, -0.15) is 0 Å². The van der Waals surface area contributed by atoms with Crippen LogP contribution in [0.3, 0.4) is 0 Å². The van der Waals surface area contributed by atoms with Crippen molar-refractivity contribution in [3.05, 3.63) is 46.4 Å². The number of aromatic nitrogens is 1. The summed E-state index contributed by atoms with van der Waals surface area (Å²) in [7, 11) is 0. The van der Waals surface area contributed by atoms with Gasteiger partial charge >= 0.3 is 0 Å². The van der Waals surface area contributed by atoms with Crippen LogP contribution in [-0.2, 0) is 13.2 Å². The predicted octanol–water partition coefficient (Wildman–Crippen LogP) is 2.94. The average molecular weight is 340 g/mol. The summed E-state index contributed by atoms with van der Waals surface area (Å²) in [5.74, 6) is 0.893. The molecule has 1 atom stereocenters. The molecule has 4 nitrogen and oxygen atoms in total. The highest BCUT2D eigenvalue weighted by Gasteiger charge is 2.18. The molecule has 1 N–H and O–H groups in total. The van der Waals surface area contributed by atoms with Gasteiger partial charge in [-0.1, -0.05) is 18.2 Å². The van der Waals surface area contributed by atoms with E-state index >= 15 is 0 Å². The summed E-state index contributed by atoms with van der Waals surface area (Å²) < 4.78 is 5.74. The van der Waals surface area contributed by atoms with Gasteiger partial charge in [-0.05, 0) is 19.1 Å². The molecule has 2 heterocycles. The summed E-state index contributed by atoms with van der Waals surface area (Å²) >= 11 is 1.68. The van der Waals surface area contributed by atoms with E-state index in [1.165, 1.54) is 0 Å². The molecule has 22 heavy (non-hydrogen) atoms. The van der Waals surface area contributed by atoms with Crippen LogP contribution in [0.2, 0.25) is 0 Å². The first-order chi connectivity index (χ1) is 10.3. The summed E-state index contributed by atoms with van der Waals surface area (Å²) in [6, 6.07) is 10.5. The van der Waals surface area contributed by atoms with Crippen LogP contribution in [0.15, 0.2) is 35.7 Å². The maximum Gasteiger partial charge on any atom is 0.140 e. The van der Waals surface area contributed by atoms with Crippen LogP contribution >= 0.6 is 23.7 Å². The van der Waals surface area contributed by atoms with Crippen molar-refractivity contribution in [1.29, 1.82) is 0 Å². The number of para-hydroxylation sites is 1. The highest BCUT2D eigenvalue weighted by atomic mass is 35.5. The van der Waals surface area contributed by atoms with Crippen LogP contribution in [0.25, 0.3) is 0 Å². The number of benzene rings is 1. The number of thiazole rings is 1. The maximum atomic E-state index is 5.74. The van der Waals surface area contributed by atoms with Gasteiger partial charge in [0.05, 0.1) is 5.69 Å². The standard InChI is InChI=1S/C16H21N3OS.ClH/c1-13-9-17-7-8-19(13)10-14-12-21-16(18-14)11-20-15-5-3-2-4-6-15;/h2-6,12-13,17H,7-11H2,1H3;1H/t13-;/m1./s1. The normalized spacial score (nSPS) is 18.7. The van der Waals surface area contributed by atoms with Crippen molar-refractivity contribution in [2.24, 2.45) is 0 Å². The lowest BCUT2D eigenvalue weighted by Gasteiger charge is -2.33. The Balaban J connectivity index is 0.00000176.